The van der Waals surface area contributed by atoms with Crippen LogP contribution in [0.5, 0.6) is 0 Å². The third-order valence-electron chi connectivity index (χ3n) is 6.55. The van der Waals surface area contributed by atoms with Crippen LogP contribution in [0.1, 0.15) is 53.9 Å². The van der Waals surface area contributed by atoms with Crippen LogP contribution in [-0.2, 0) is 16.1 Å². The quantitative estimate of drug-likeness (QED) is 0.347. The molecule has 0 aromatic heterocycles. The van der Waals surface area contributed by atoms with E-state index in [1.807, 2.05) is 62.4 Å². The maximum absolute atomic E-state index is 13.2. The Labute approximate surface area is 230 Å². The predicted molar refractivity (Wildman–Crippen MR) is 156 cm³/mol. The molecule has 0 bridgehead atoms. The molecule has 1 saturated heterocycles. The second-order valence-corrected chi connectivity index (χ2v) is 9.23. The van der Waals surface area contributed by atoms with Gasteiger partial charge in [-0.3, -0.25) is 14.4 Å². The van der Waals surface area contributed by atoms with Crippen molar-refractivity contribution in [3.05, 3.63) is 101 Å². The molecule has 7 nitrogen and oxygen atoms in total. The summed E-state index contributed by atoms with van der Waals surface area (Å²) in [6.45, 7) is 5.90. The van der Waals surface area contributed by atoms with E-state index in [4.69, 9.17) is 5.73 Å². The van der Waals surface area contributed by atoms with Crippen LogP contribution < -0.4 is 11.1 Å². The van der Waals surface area contributed by atoms with Gasteiger partial charge in [-0.1, -0.05) is 54.6 Å². The van der Waals surface area contributed by atoms with E-state index in [2.05, 4.69) is 17.7 Å². The van der Waals surface area contributed by atoms with E-state index < -0.39 is 6.04 Å². The van der Waals surface area contributed by atoms with Gasteiger partial charge in [-0.15, -0.1) is 12.3 Å². The first-order valence-electron chi connectivity index (χ1n) is 12.6. The number of anilines is 2. The van der Waals surface area contributed by atoms with Gasteiger partial charge in [0, 0.05) is 19.2 Å². The van der Waals surface area contributed by atoms with E-state index in [1.54, 1.807) is 49.2 Å². The topological polar surface area (TPSA) is 95.7 Å². The molecule has 200 valence electrons. The highest BCUT2D eigenvalue weighted by Crippen LogP contribution is 2.28. The maximum atomic E-state index is 13.2. The van der Waals surface area contributed by atoms with E-state index in [9.17, 15) is 14.4 Å². The number of nitrogens with two attached hydrogens (primary N) is 1. The van der Waals surface area contributed by atoms with E-state index in [0.29, 0.717) is 16.9 Å². The number of carbonyl (C=O) groups is 3. The summed E-state index contributed by atoms with van der Waals surface area (Å²) in [4.78, 5) is 41.8. The maximum Gasteiger partial charge on any atom is 0.255 e. The summed E-state index contributed by atoms with van der Waals surface area (Å²) in [5, 5.41) is 2.88. The standard InChI is InChI=1S/C29H30N4O3.C3H4/c1-4-19(2)23-14-15-24(30)25(16-23)31-28(35)22-12-10-20(11-13-22)17-33-18-26(34)32(3)27(29(33)36)21-8-6-5-7-9-21;1-3-2/h4-16,27H,17-18,30H2,1-3H3,(H,31,35);1H,2H3/b19-4+;. The van der Waals surface area contributed by atoms with Crippen LogP contribution in [0.15, 0.2) is 78.9 Å². The van der Waals surface area contributed by atoms with Gasteiger partial charge in [0.05, 0.1) is 11.4 Å². The molecule has 0 radical (unpaired) electrons. The summed E-state index contributed by atoms with van der Waals surface area (Å²) in [5.74, 6) is 1.72. The number of benzene rings is 3. The molecule has 3 aromatic rings. The molecule has 3 aromatic carbocycles. The second-order valence-electron chi connectivity index (χ2n) is 9.23. The summed E-state index contributed by atoms with van der Waals surface area (Å²) < 4.78 is 0. The average Bonchev–Trinajstić information content (AvgIpc) is 2.94. The summed E-state index contributed by atoms with van der Waals surface area (Å²) >= 11 is 0. The zero-order chi connectivity index (χ0) is 28.5. The third kappa shape index (κ3) is 6.93. The van der Waals surface area contributed by atoms with Gasteiger partial charge < -0.3 is 20.9 Å². The van der Waals surface area contributed by atoms with Gasteiger partial charge in [0.2, 0.25) is 5.91 Å². The molecule has 7 heteroatoms. The van der Waals surface area contributed by atoms with Crippen molar-refractivity contribution in [2.45, 2.75) is 33.4 Å². The monoisotopic (exact) mass is 522 g/mol. The van der Waals surface area contributed by atoms with Crippen molar-refractivity contribution in [2.24, 2.45) is 0 Å². The Morgan fingerprint density at radius 1 is 1.08 bits per heavy atom. The first-order valence-corrected chi connectivity index (χ1v) is 12.6. The number of hydrogen-bond acceptors (Lipinski definition) is 4. The van der Waals surface area contributed by atoms with Gasteiger partial charge in [-0.2, -0.15) is 0 Å². The van der Waals surface area contributed by atoms with E-state index in [1.165, 1.54) is 4.90 Å². The van der Waals surface area contributed by atoms with Crippen molar-refractivity contribution in [1.82, 2.24) is 9.80 Å². The molecular weight excluding hydrogens is 488 g/mol. The van der Waals surface area contributed by atoms with Crippen molar-refractivity contribution in [3.63, 3.8) is 0 Å². The van der Waals surface area contributed by atoms with Crippen molar-refractivity contribution in [3.8, 4) is 12.3 Å². The fourth-order valence-corrected chi connectivity index (χ4v) is 4.22. The summed E-state index contributed by atoms with van der Waals surface area (Å²) in [7, 11) is 1.66. The van der Waals surface area contributed by atoms with Crippen LogP contribution in [0, 0.1) is 12.3 Å². The number of nitrogen functional groups attached to an aromatic ring is 1. The molecule has 1 heterocycles. The number of amides is 3. The van der Waals surface area contributed by atoms with Gasteiger partial charge >= 0.3 is 0 Å². The molecule has 1 unspecified atom stereocenters. The van der Waals surface area contributed by atoms with Gasteiger partial charge in [0.25, 0.3) is 11.8 Å². The van der Waals surface area contributed by atoms with E-state index in [-0.39, 0.29) is 30.8 Å². The molecule has 3 amide bonds. The minimum Gasteiger partial charge on any atom is -0.397 e. The Balaban J connectivity index is 0.00000134. The normalized spacial score (nSPS) is 15.3. The van der Waals surface area contributed by atoms with Crippen molar-refractivity contribution >= 4 is 34.7 Å². The number of nitrogens with one attached hydrogen (secondary N) is 1. The molecule has 1 fully saturated rings. The highest BCUT2D eigenvalue weighted by atomic mass is 16.2. The molecule has 1 aliphatic rings. The summed E-state index contributed by atoms with van der Waals surface area (Å²) in [6.07, 6.45) is 6.59. The Kier molecular flexibility index (Phi) is 9.66. The molecule has 1 aliphatic heterocycles. The first kappa shape index (κ1) is 28.7. The molecule has 0 saturated carbocycles. The highest BCUT2D eigenvalue weighted by molar-refractivity contribution is 6.06. The Morgan fingerprint density at radius 2 is 1.69 bits per heavy atom. The number of rotatable bonds is 6. The number of allylic oxidation sites excluding steroid dienone is 2. The zero-order valence-corrected chi connectivity index (χ0v) is 22.8. The van der Waals surface area contributed by atoms with Gasteiger partial charge in [-0.05, 0) is 67.3 Å². The molecule has 1 atom stereocenters. The molecule has 3 N–H and O–H groups in total. The lowest BCUT2D eigenvalue weighted by molar-refractivity contribution is -0.155. The van der Waals surface area contributed by atoms with Gasteiger partial charge in [-0.25, -0.2) is 0 Å². The lowest BCUT2D eigenvalue weighted by Gasteiger charge is -2.38. The van der Waals surface area contributed by atoms with Crippen LogP contribution >= 0.6 is 0 Å². The highest BCUT2D eigenvalue weighted by Gasteiger charge is 2.38. The van der Waals surface area contributed by atoms with E-state index in [0.717, 1.165) is 22.3 Å². The minimum atomic E-state index is -0.648. The number of piperazine rings is 1. The Hall–Kier alpha value is -4.83. The van der Waals surface area contributed by atoms with Crippen molar-refractivity contribution in [1.29, 1.82) is 0 Å². The average molecular weight is 523 g/mol. The van der Waals surface area contributed by atoms with E-state index >= 15 is 0 Å². The van der Waals surface area contributed by atoms with Gasteiger partial charge in [0.1, 0.15) is 12.6 Å². The van der Waals surface area contributed by atoms with Crippen molar-refractivity contribution < 1.29 is 14.4 Å². The zero-order valence-electron chi connectivity index (χ0n) is 22.8. The largest absolute Gasteiger partial charge is 0.397 e. The first-order chi connectivity index (χ1) is 18.7. The lowest BCUT2D eigenvalue weighted by Crippen LogP contribution is -2.53. The smallest absolute Gasteiger partial charge is 0.255 e. The van der Waals surface area contributed by atoms with Crippen LogP contribution in [0.2, 0.25) is 0 Å². The number of nitrogens with zero attached hydrogens (tertiary/aromatic N) is 2. The number of likely N-dealkylation sites (N-methyl/N-ethyl adjacent to an activating group) is 1. The fraction of sp³-hybridized carbons (Fsp3) is 0.219. The van der Waals surface area contributed by atoms with Crippen molar-refractivity contribution in [2.75, 3.05) is 24.6 Å². The van der Waals surface area contributed by atoms with Crippen LogP contribution in [0.3, 0.4) is 0 Å². The number of carbonyl (C=O) groups excluding carboxylic acids is 3. The summed E-state index contributed by atoms with van der Waals surface area (Å²) in [6, 6.07) is 21.2. The molecule has 0 aliphatic carbocycles. The number of hydrogen-bond donors (Lipinski definition) is 2. The fourth-order valence-electron chi connectivity index (χ4n) is 4.22. The van der Waals surface area contributed by atoms with Crippen LogP contribution in [-0.4, -0.2) is 41.1 Å². The molecule has 0 spiro atoms. The third-order valence-corrected chi connectivity index (χ3v) is 6.55. The van der Waals surface area contributed by atoms with Crippen LogP contribution in [0.25, 0.3) is 5.57 Å². The SMILES string of the molecule is C#CC.C/C=C(\C)c1ccc(N)c(NC(=O)c2ccc(CN3CC(=O)N(C)C(c4ccccc4)C3=O)cc2)c1. The Bertz CT molecular complexity index is 1410. The minimum absolute atomic E-state index is 0.0160. The van der Waals surface area contributed by atoms with Crippen LogP contribution in [0.4, 0.5) is 11.4 Å². The molecule has 4 rings (SSSR count). The molecule has 39 heavy (non-hydrogen) atoms. The molecular formula is C32H34N4O3. The van der Waals surface area contributed by atoms with Gasteiger partial charge in [0.15, 0.2) is 0 Å². The number of terminal acetylenes is 1. The lowest BCUT2D eigenvalue weighted by atomic mass is 10.0. The second kappa shape index (κ2) is 13.1. The Morgan fingerprint density at radius 3 is 2.31 bits per heavy atom. The summed E-state index contributed by atoms with van der Waals surface area (Å²) in [5.41, 5.74) is 11.3. The predicted octanol–water partition coefficient (Wildman–Crippen LogP) is 5.13.